The number of para-hydroxylation sites is 1. The zero-order valence-electron chi connectivity index (χ0n) is 10.8. The van der Waals surface area contributed by atoms with Crippen LogP contribution in [0.1, 0.15) is 20.3 Å². The first-order valence-corrected chi connectivity index (χ1v) is 7.08. The number of carboxylic acid groups (broad SMARTS) is 1. The van der Waals surface area contributed by atoms with E-state index >= 15 is 0 Å². The van der Waals surface area contributed by atoms with Gasteiger partial charge in [-0.1, -0.05) is 32.4 Å². The monoisotopic (exact) mass is 376 g/mol. The molecule has 19 heavy (non-hydrogen) atoms. The summed E-state index contributed by atoms with van der Waals surface area (Å²) in [5, 5.41) is 14.2. The van der Waals surface area contributed by atoms with Gasteiger partial charge < -0.3 is 15.7 Å². The summed E-state index contributed by atoms with van der Waals surface area (Å²) >= 11 is 2.10. The Hall–Kier alpha value is -1.31. The van der Waals surface area contributed by atoms with Crippen LogP contribution in [-0.2, 0) is 4.79 Å². The predicted molar refractivity (Wildman–Crippen MR) is 82.2 cm³/mol. The Kier molecular flexibility index (Phi) is 6.07. The molecule has 1 unspecified atom stereocenters. The Morgan fingerprint density at radius 3 is 2.53 bits per heavy atom. The summed E-state index contributed by atoms with van der Waals surface area (Å²) in [6.45, 7) is 3.69. The summed E-state index contributed by atoms with van der Waals surface area (Å²) in [4.78, 5) is 22.9. The van der Waals surface area contributed by atoms with E-state index in [4.69, 9.17) is 5.11 Å². The zero-order chi connectivity index (χ0) is 14.4. The molecule has 104 valence electrons. The lowest BCUT2D eigenvalue weighted by molar-refractivity contribution is -0.140. The number of amides is 2. The molecule has 0 bridgehead atoms. The number of carbonyl (C=O) groups excluding carboxylic acids is 1. The van der Waals surface area contributed by atoms with Gasteiger partial charge in [0.2, 0.25) is 0 Å². The third kappa shape index (κ3) is 4.70. The summed E-state index contributed by atoms with van der Waals surface area (Å²) in [5.41, 5.74) is 0.661. The quantitative estimate of drug-likeness (QED) is 0.692. The number of rotatable bonds is 5. The number of benzene rings is 1. The fourth-order valence-corrected chi connectivity index (χ4v) is 2.07. The van der Waals surface area contributed by atoms with Crippen molar-refractivity contribution in [3.8, 4) is 0 Å². The number of hydrogen-bond donors (Lipinski definition) is 3. The van der Waals surface area contributed by atoms with Crippen molar-refractivity contribution in [1.29, 1.82) is 0 Å². The Balaban J connectivity index is 2.68. The second-order valence-corrected chi connectivity index (χ2v) is 5.44. The first-order valence-electron chi connectivity index (χ1n) is 6.00. The molecule has 0 fully saturated rings. The van der Waals surface area contributed by atoms with E-state index in [-0.39, 0.29) is 5.92 Å². The van der Waals surface area contributed by atoms with Crippen molar-refractivity contribution in [2.45, 2.75) is 26.3 Å². The molecule has 0 heterocycles. The van der Waals surface area contributed by atoms with Gasteiger partial charge in [-0.3, -0.25) is 0 Å². The van der Waals surface area contributed by atoms with Crippen molar-refractivity contribution in [1.82, 2.24) is 5.32 Å². The van der Waals surface area contributed by atoms with Gasteiger partial charge in [-0.15, -0.1) is 0 Å². The second kappa shape index (κ2) is 7.32. The van der Waals surface area contributed by atoms with Crippen molar-refractivity contribution < 1.29 is 14.7 Å². The van der Waals surface area contributed by atoms with E-state index in [2.05, 4.69) is 33.2 Å². The fourth-order valence-electron chi connectivity index (χ4n) is 1.55. The minimum Gasteiger partial charge on any atom is -0.480 e. The number of nitrogens with one attached hydrogen (secondary N) is 2. The molecule has 1 aromatic rings. The van der Waals surface area contributed by atoms with Crippen LogP contribution < -0.4 is 10.6 Å². The normalized spacial score (nSPS) is 13.4. The number of hydrogen-bond acceptors (Lipinski definition) is 2. The third-order valence-electron chi connectivity index (χ3n) is 2.89. The molecule has 5 nitrogen and oxygen atoms in total. The first-order chi connectivity index (χ1) is 8.95. The van der Waals surface area contributed by atoms with Crippen molar-refractivity contribution in [2.24, 2.45) is 5.92 Å². The van der Waals surface area contributed by atoms with E-state index in [9.17, 15) is 9.59 Å². The SMILES string of the molecule is CCC(C)[C@H](NC(=O)Nc1ccccc1I)C(=O)O. The van der Waals surface area contributed by atoms with Crippen LogP contribution in [0.3, 0.4) is 0 Å². The van der Waals surface area contributed by atoms with Gasteiger partial charge in [-0.05, 0) is 40.6 Å². The van der Waals surface area contributed by atoms with Crippen LogP contribution >= 0.6 is 22.6 Å². The zero-order valence-corrected chi connectivity index (χ0v) is 13.0. The molecule has 0 aliphatic heterocycles. The number of aliphatic carboxylic acids is 1. The average molecular weight is 376 g/mol. The van der Waals surface area contributed by atoms with E-state index in [1.807, 2.05) is 19.1 Å². The summed E-state index contributed by atoms with van der Waals surface area (Å²) in [5.74, 6) is -1.15. The Labute approximate surface area is 125 Å². The predicted octanol–water partition coefficient (Wildman–Crippen LogP) is 2.91. The molecule has 0 radical (unpaired) electrons. The minimum atomic E-state index is -1.02. The lowest BCUT2D eigenvalue weighted by atomic mass is 9.99. The van der Waals surface area contributed by atoms with E-state index in [0.29, 0.717) is 12.1 Å². The van der Waals surface area contributed by atoms with E-state index < -0.39 is 18.0 Å². The maximum absolute atomic E-state index is 11.8. The van der Waals surface area contributed by atoms with Crippen molar-refractivity contribution in [3.63, 3.8) is 0 Å². The molecule has 0 saturated carbocycles. The molecule has 0 saturated heterocycles. The summed E-state index contributed by atoms with van der Waals surface area (Å²) in [7, 11) is 0. The first kappa shape index (κ1) is 15.7. The van der Waals surface area contributed by atoms with Gasteiger partial charge in [0.05, 0.1) is 5.69 Å². The number of urea groups is 1. The van der Waals surface area contributed by atoms with Crippen molar-refractivity contribution in [3.05, 3.63) is 27.8 Å². The molecule has 3 N–H and O–H groups in total. The number of carboxylic acids is 1. The van der Waals surface area contributed by atoms with Gasteiger partial charge in [-0.2, -0.15) is 0 Å². The smallest absolute Gasteiger partial charge is 0.326 e. The number of halogens is 1. The molecule has 1 rings (SSSR count). The minimum absolute atomic E-state index is 0.127. The van der Waals surface area contributed by atoms with Crippen LogP contribution in [0.15, 0.2) is 24.3 Å². The topological polar surface area (TPSA) is 78.4 Å². The third-order valence-corrected chi connectivity index (χ3v) is 3.83. The molecule has 2 amide bonds. The summed E-state index contributed by atoms with van der Waals surface area (Å²) < 4.78 is 0.894. The van der Waals surface area contributed by atoms with Gasteiger partial charge in [0.25, 0.3) is 0 Å². The van der Waals surface area contributed by atoms with Gasteiger partial charge in [0.15, 0.2) is 0 Å². The fraction of sp³-hybridized carbons (Fsp3) is 0.385. The van der Waals surface area contributed by atoms with Crippen LogP contribution in [0.5, 0.6) is 0 Å². The molecular formula is C13H17IN2O3. The van der Waals surface area contributed by atoms with Gasteiger partial charge in [0, 0.05) is 3.57 Å². The summed E-state index contributed by atoms with van der Waals surface area (Å²) in [6.07, 6.45) is 0.681. The van der Waals surface area contributed by atoms with Crippen LogP contribution in [0.2, 0.25) is 0 Å². The standard InChI is InChI=1S/C13H17IN2O3/c1-3-8(2)11(12(17)18)16-13(19)15-10-7-5-4-6-9(10)14/h4-8,11H,3H2,1-2H3,(H,17,18)(H2,15,16,19)/t8?,11-/m0/s1. The Morgan fingerprint density at radius 1 is 1.37 bits per heavy atom. The highest BCUT2D eigenvalue weighted by atomic mass is 127. The maximum Gasteiger partial charge on any atom is 0.326 e. The highest BCUT2D eigenvalue weighted by Crippen LogP contribution is 2.17. The maximum atomic E-state index is 11.8. The molecule has 0 spiro atoms. The highest BCUT2D eigenvalue weighted by Gasteiger charge is 2.25. The highest BCUT2D eigenvalue weighted by molar-refractivity contribution is 14.1. The molecule has 1 aromatic carbocycles. The summed E-state index contributed by atoms with van der Waals surface area (Å²) in [6, 6.07) is 5.91. The van der Waals surface area contributed by atoms with Gasteiger partial charge >= 0.3 is 12.0 Å². The molecule has 0 aliphatic rings. The van der Waals surface area contributed by atoms with Crippen LogP contribution in [0.25, 0.3) is 0 Å². The Morgan fingerprint density at radius 2 is 2.00 bits per heavy atom. The van der Waals surface area contributed by atoms with Crippen LogP contribution in [0, 0.1) is 9.49 Å². The van der Waals surface area contributed by atoms with E-state index in [1.165, 1.54) is 0 Å². The van der Waals surface area contributed by atoms with Crippen molar-refractivity contribution in [2.75, 3.05) is 5.32 Å². The Bertz CT molecular complexity index is 465. The molecule has 0 aromatic heterocycles. The lowest BCUT2D eigenvalue weighted by Gasteiger charge is -2.20. The molecule has 6 heteroatoms. The lowest BCUT2D eigenvalue weighted by Crippen LogP contribution is -2.46. The molecular weight excluding hydrogens is 359 g/mol. The second-order valence-electron chi connectivity index (χ2n) is 4.28. The number of anilines is 1. The average Bonchev–Trinajstić information content (AvgIpc) is 2.37. The molecule has 0 aliphatic carbocycles. The van der Waals surface area contributed by atoms with Crippen LogP contribution in [-0.4, -0.2) is 23.1 Å². The molecule has 2 atom stereocenters. The van der Waals surface area contributed by atoms with E-state index in [1.54, 1.807) is 19.1 Å². The number of carbonyl (C=O) groups is 2. The van der Waals surface area contributed by atoms with Crippen LogP contribution in [0.4, 0.5) is 10.5 Å². The van der Waals surface area contributed by atoms with E-state index in [0.717, 1.165) is 3.57 Å². The van der Waals surface area contributed by atoms with Gasteiger partial charge in [-0.25, -0.2) is 9.59 Å². The van der Waals surface area contributed by atoms with Gasteiger partial charge in [0.1, 0.15) is 6.04 Å². The largest absolute Gasteiger partial charge is 0.480 e. The van der Waals surface area contributed by atoms with Crippen molar-refractivity contribution >= 4 is 40.3 Å².